The Morgan fingerprint density at radius 2 is 2.12 bits per heavy atom. The molecule has 2 heterocycles. The number of aromatic nitrogens is 3. The van der Waals surface area contributed by atoms with Gasteiger partial charge in [-0.05, 0) is 43.5 Å². The molecule has 122 valence electrons. The largest absolute Gasteiger partial charge is 0.351 e. The van der Waals surface area contributed by atoms with Gasteiger partial charge in [0.15, 0.2) is 0 Å². The molecule has 1 aliphatic rings. The summed E-state index contributed by atoms with van der Waals surface area (Å²) in [7, 11) is 0. The average molecular weight is 326 g/mol. The SMILES string of the molecule is O=C(NC1CCCc2c1cnn2-c1ccc(F)cc1)c1ccno1. The van der Waals surface area contributed by atoms with Crippen LogP contribution in [0.3, 0.4) is 0 Å². The van der Waals surface area contributed by atoms with E-state index in [0.717, 1.165) is 36.2 Å². The molecule has 0 aliphatic heterocycles. The van der Waals surface area contributed by atoms with E-state index in [1.165, 1.54) is 24.4 Å². The van der Waals surface area contributed by atoms with Gasteiger partial charge in [-0.25, -0.2) is 9.07 Å². The summed E-state index contributed by atoms with van der Waals surface area (Å²) in [5.74, 6) is -0.384. The lowest BCUT2D eigenvalue weighted by Crippen LogP contribution is -2.30. The Kier molecular flexibility index (Phi) is 3.60. The Balaban J connectivity index is 1.62. The van der Waals surface area contributed by atoms with Gasteiger partial charge in [0.2, 0.25) is 5.76 Å². The number of rotatable bonds is 3. The fourth-order valence-corrected chi connectivity index (χ4v) is 3.07. The van der Waals surface area contributed by atoms with Gasteiger partial charge in [-0.1, -0.05) is 5.16 Å². The molecule has 4 rings (SSSR count). The lowest BCUT2D eigenvalue weighted by molar-refractivity contribution is 0.0895. The maximum absolute atomic E-state index is 13.1. The van der Waals surface area contributed by atoms with Crippen molar-refractivity contribution in [3.8, 4) is 5.69 Å². The molecule has 1 N–H and O–H groups in total. The third-order valence-corrected chi connectivity index (χ3v) is 4.22. The van der Waals surface area contributed by atoms with Gasteiger partial charge in [0.05, 0.1) is 24.1 Å². The van der Waals surface area contributed by atoms with Crippen molar-refractivity contribution in [3.63, 3.8) is 0 Å². The summed E-state index contributed by atoms with van der Waals surface area (Å²) in [4.78, 5) is 12.2. The van der Waals surface area contributed by atoms with E-state index in [1.54, 1.807) is 18.3 Å². The first-order chi connectivity index (χ1) is 11.7. The Morgan fingerprint density at radius 3 is 2.88 bits per heavy atom. The van der Waals surface area contributed by atoms with E-state index in [0.29, 0.717) is 0 Å². The molecular weight excluding hydrogens is 311 g/mol. The average Bonchev–Trinajstić information content (AvgIpc) is 3.26. The molecule has 1 amide bonds. The zero-order valence-corrected chi connectivity index (χ0v) is 12.8. The van der Waals surface area contributed by atoms with Crippen molar-refractivity contribution in [3.05, 3.63) is 65.6 Å². The standard InChI is InChI=1S/C17H15FN4O2/c18-11-4-6-12(7-5-11)22-15-3-1-2-14(13(15)10-19-22)21-17(23)16-8-9-20-24-16/h4-10,14H,1-3H2,(H,21,23). The van der Waals surface area contributed by atoms with Crippen molar-refractivity contribution in [1.29, 1.82) is 0 Å². The van der Waals surface area contributed by atoms with Gasteiger partial charge in [-0.3, -0.25) is 4.79 Å². The van der Waals surface area contributed by atoms with Gasteiger partial charge in [0, 0.05) is 17.3 Å². The van der Waals surface area contributed by atoms with Gasteiger partial charge >= 0.3 is 0 Å². The highest BCUT2D eigenvalue weighted by atomic mass is 19.1. The van der Waals surface area contributed by atoms with Crippen LogP contribution in [-0.2, 0) is 6.42 Å². The molecule has 7 heteroatoms. The highest BCUT2D eigenvalue weighted by molar-refractivity contribution is 5.91. The first-order valence-corrected chi connectivity index (χ1v) is 7.76. The van der Waals surface area contributed by atoms with Gasteiger partial charge < -0.3 is 9.84 Å². The molecule has 0 bridgehead atoms. The van der Waals surface area contributed by atoms with E-state index in [9.17, 15) is 9.18 Å². The highest BCUT2D eigenvalue weighted by Crippen LogP contribution is 2.31. The monoisotopic (exact) mass is 326 g/mol. The van der Waals surface area contributed by atoms with Crippen LogP contribution in [0.1, 0.15) is 40.7 Å². The maximum Gasteiger partial charge on any atom is 0.290 e. The molecule has 6 nitrogen and oxygen atoms in total. The molecule has 1 unspecified atom stereocenters. The molecule has 2 aromatic heterocycles. The van der Waals surface area contributed by atoms with Crippen LogP contribution < -0.4 is 5.32 Å². The zero-order chi connectivity index (χ0) is 16.5. The van der Waals surface area contributed by atoms with Gasteiger partial charge in [0.1, 0.15) is 5.82 Å². The number of hydrogen-bond donors (Lipinski definition) is 1. The van der Waals surface area contributed by atoms with Crippen LogP contribution in [0, 0.1) is 5.82 Å². The first kappa shape index (κ1) is 14.6. The normalized spacial score (nSPS) is 16.6. The maximum atomic E-state index is 13.1. The van der Waals surface area contributed by atoms with Crippen molar-refractivity contribution >= 4 is 5.91 Å². The van der Waals surface area contributed by atoms with E-state index in [4.69, 9.17) is 4.52 Å². The second-order valence-electron chi connectivity index (χ2n) is 5.73. The van der Waals surface area contributed by atoms with Crippen molar-refractivity contribution in [2.45, 2.75) is 25.3 Å². The molecule has 0 saturated heterocycles. The number of hydrogen-bond acceptors (Lipinski definition) is 4. The van der Waals surface area contributed by atoms with Crippen molar-refractivity contribution in [1.82, 2.24) is 20.3 Å². The minimum atomic E-state index is -0.292. The van der Waals surface area contributed by atoms with E-state index >= 15 is 0 Å². The fraction of sp³-hybridized carbons (Fsp3) is 0.235. The Hall–Kier alpha value is -2.96. The Labute approximate surface area is 137 Å². The summed E-state index contributed by atoms with van der Waals surface area (Å²) in [6.07, 6.45) is 5.83. The van der Waals surface area contributed by atoms with Crippen LogP contribution in [0.4, 0.5) is 4.39 Å². The quantitative estimate of drug-likeness (QED) is 0.803. The third kappa shape index (κ3) is 2.58. The van der Waals surface area contributed by atoms with Crippen molar-refractivity contribution in [2.75, 3.05) is 0 Å². The second-order valence-corrected chi connectivity index (χ2v) is 5.73. The number of nitrogens with zero attached hydrogens (tertiary/aromatic N) is 3. The van der Waals surface area contributed by atoms with Crippen molar-refractivity contribution in [2.24, 2.45) is 0 Å². The summed E-state index contributed by atoms with van der Waals surface area (Å²) >= 11 is 0. The predicted octanol–water partition coefficient (Wildman–Crippen LogP) is 2.81. The number of amides is 1. The first-order valence-electron chi connectivity index (χ1n) is 7.76. The number of nitrogens with one attached hydrogen (secondary N) is 1. The molecule has 3 aromatic rings. The third-order valence-electron chi connectivity index (χ3n) is 4.22. The predicted molar refractivity (Wildman–Crippen MR) is 83.2 cm³/mol. The number of halogens is 1. The summed E-state index contributed by atoms with van der Waals surface area (Å²) in [6.45, 7) is 0. The van der Waals surface area contributed by atoms with E-state index in [1.807, 2.05) is 4.68 Å². The molecular formula is C17H15FN4O2. The molecule has 0 fully saturated rings. The second kappa shape index (κ2) is 5.92. The Bertz CT molecular complexity index is 855. The van der Waals surface area contributed by atoms with E-state index in [-0.39, 0.29) is 23.5 Å². The summed E-state index contributed by atoms with van der Waals surface area (Å²) in [6, 6.07) is 7.62. The number of fused-ring (bicyclic) bond motifs is 1. The van der Waals surface area contributed by atoms with Crippen LogP contribution in [0.2, 0.25) is 0 Å². The zero-order valence-electron chi connectivity index (χ0n) is 12.8. The molecule has 1 aliphatic carbocycles. The topological polar surface area (TPSA) is 73.0 Å². The Morgan fingerprint density at radius 1 is 1.29 bits per heavy atom. The van der Waals surface area contributed by atoms with E-state index < -0.39 is 0 Å². The fourth-order valence-electron chi connectivity index (χ4n) is 3.07. The van der Waals surface area contributed by atoms with Crippen LogP contribution in [-0.4, -0.2) is 20.8 Å². The minimum absolute atomic E-state index is 0.124. The summed E-state index contributed by atoms with van der Waals surface area (Å²) in [5.41, 5.74) is 2.83. The molecule has 0 spiro atoms. The van der Waals surface area contributed by atoms with Crippen LogP contribution in [0.25, 0.3) is 5.69 Å². The molecule has 0 saturated carbocycles. The summed E-state index contributed by atoms with van der Waals surface area (Å²) in [5, 5.41) is 10.9. The number of carbonyl (C=O) groups is 1. The lowest BCUT2D eigenvalue weighted by atomic mass is 9.92. The van der Waals surface area contributed by atoms with Crippen LogP contribution >= 0.6 is 0 Å². The van der Waals surface area contributed by atoms with Crippen LogP contribution in [0.15, 0.2) is 47.2 Å². The highest BCUT2D eigenvalue weighted by Gasteiger charge is 2.27. The minimum Gasteiger partial charge on any atom is -0.351 e. The smallest absolute Gasteiger partial charge is 0.290 e. The van der Waals surface area contributed by atoms with Gasteiger partial charge in [0.25, 0.3) is 5.91 Å². The van der Waals surface area contributed by atoms with Crippen molar-refractivity contribution < 1.29 is 13.7 Å². The lowest BCUT2D eigenvalue weighted by Gasteiger charge is -2.23. The van der Waals surface area contributed by atoms with Crippen LogP contribution in [0.5, 0.6) is 0 Å². The molecule has 1 aromatic carbocycles. The van der Waals surface area contributed by atoms with Gasteiger partial charge in [-0.15, -0.1) is 0 Å². The molecule has 24 heavy (non-hydrogen) atoms. The molecule has 1 atom stereocenters. The number of carbonyl (C=O) groups excluding carboxylic acids is 1. The molecule has 0 radical (unpaired) electrons. The number of benzene rings is 1. The van der Waals surface area contributed by atoms with E-state index in [2.05, 4.69) is 15.6 Å². The summed E-state index contributed by atoms with van der Waals surface area (Å²) < 4.78 is 19.8. The van der Waals surface area contributed by atoms with Gasteiger partial charge in [-0.2, -0.15) is 5.10 Å².